The maximum Gasteiger partial charge on any atom is 0.263 e. The van der Waals surface area contributed by atoms with E-state index in [0.717, 1.165) is 53.3 Å². The molecule has 0 spiro atoms. The molecule has 0 amide bonds. The second kappa shape index (κ2) is 6.61. The highest BCUT2D eigenvalue weighted by atomic mass is 32.2. The summed E-state index contributed by atoms with van der Waals surface area (Å²) in [5.74, 6) is 1.09. The molecule has 0 bridgehead atoms. The van der Waals surface area contributed by atoms with Gasteiger partial charge < -0.3 is 4.74 Å². The smallest absolute Gasteiger partial charge is 0.263 e. The number of nitrogens with one attached hydrogen (secondary N) is 1. The van der Waals surface area contributed by atoms with Crippen molar-refractivity contribution in [1.29, 1.82) is 0 Å². The van der Waals surface area contributed by atoms with E-state index in [4.69, 9.17) is 4.74 Å². The minimum atomic E-state index is -3.72. The maximum absolute atomic E-state index is 13.0. The molecular formula is C20H20N2O3S. The summed E-state index contributed by atoms with van der Waals surface area (Å²) in [4.78, 5) is 4.57. The van der Waals surface area contributed by atoms with Gasteiger partial charge in [-0.3, -0.25) is 4.72 Å². The summed E-state index contributed by atoms with van der Waals surface area (Å²) in [7, 11) is -2.10. The number of nitrogens with zero attached hydrogens (tertiary/aromatic N) is 1. The summed E-state index contributed by atoms with van der Waals surface area (Å²) in [5, 5.41) is 1.91. The van der Waals surface area contributed by atoms with Crippen LogP contribution in [0, 0.1) is 0 Å². The average Bonchev–Trinajstić information content (AvgIpc) is 2.66. The number of aromatic nitrogens is 1. The van der Waals surface area contributed by atoms with Crippen molar-refractivity contribution in [3.05, 3.63) is 59.8 Å². The van der Waals surface area contributed by atoms with Gasteiger partial charge in [0, 0.05) is 11.6 Å². The quantitative estimate of drug-likeness (QED) is 0.758. The van der Waals surface area contributed by atoms with Gasteiger partial charge in [0.2, 0.25) is 0 Å². The number of methoxy groups -OCH3 is 1. The Balaban J connectivity index is 1.74. The molecule has 5 nitrogen and oxygen atoms in total. The molecule has 1 aliphatic rings. The Morgan fingerprint density at radius 3 is 2.50 bits per heavy atom. The summed E-state index contributed by atoms with van der Waals surface area (Å²) in [5.41, 5.74) is 1.87. The van der Waals surface area contributed by atoms with Gasteiger partial charge in [0.1, 0.15) is 11.6 Å². The predicted molar refractivity (Wildman–Crippen MR) is 102 cm³/mol. The Kier molecular flexibility index (Phi) is 4.28. The van der Waals surface area contributed by atoms with Crippen LogP contribution in [0.3, 0.4) is 0 Å². The van der Waals surface area contributed by atoms with Gasteiger partial charge in [-0.2, -0.15) is 0 Å². The molecule has 1 heterocycles. The molecule has 26 heavy (non-hydrogen) atoms. The van der Waals surface area contributed by atoms with Crippen molar-refractivity contribution in [2.75, 3.05) is 11.8 Å². The third-order valence-electron chi connectivity index (χ3n) is 4.83. The van der Waals surface area contributed by atoms with Crippen LogP contribution in [-0.4, -0.2) is 20.5 Å². The Morgan fingerprint density at radius 2 is 1.73 bits per heavy atom. The molecule has 3 aromatic rings. The molecule has 4 rings (SSSR count). The van der Waals surface area contributed by atoms with Gasteiger partial charge in [-0.25, -0.2) is 13.4 Å². The lowest BCUT2D eigenvalue weighted by Gasteiger charge is -2.22. The van der Waals surface area contributed by atoms with Crippen molar-refractivity contribution in [1.82, 2.24) is 4.98 Å². The fourth-order valence-electron chi connectivity index (χ4n) is 3.58. The highest BCUT2D eigenvalue weighted by Crippen LogP contribution is 2.34. The van der Waals surface area contributed by atoms with Crippen LogP contribution >= 0.6 is 0 Å². The number of fused-ring (bicyclic) bond motifs is 2. The molecule has 0 radical (unpaired) electrons. The lowest BCUT2D eigenvalue weighted by atomic mass is 9.91. The van der Waals surface area contributed by atoms with E-state index < -0.39 is 10.0 Å². The number of hydrogen-bond acceptors (Lipinski definition) is 4. The minimum absolute atomic E-state index is 0.322. The minimum Gasteiger partial charge on any atom is -0.496 e. The number of pyridine rings is 1. The summed E-state index contributed by atoms with van der Waals surface area (Å²) in [6.07, 6.45) is 5.30. The SMILES string of the molecule is COc1ccc(S(=O)(=O)Nc2cc3ccccc3cn2)c2c1CCCC2. The molecule has 1 aromatic heterocycles. The molecule has 134 valence electrons. The lowest BCUT2D eigenvalue weighted by molar-refractivity contribution is 0.405. The van der Waals surface area contributed by atoms with Gasteiger partial charge in [-0.1, -0.05) is 24.3 Å². The fourth-order valence-corrected chi connectivity index (χ4v) is 4.87. The van der Waals surface area contributed by atoms with Crippen LogP contribution in [0.4, 0.5) is 5.82 Å². The van der Waals surface area contributed by atoms with E-state index in [9.17, 15) is 8.42 Å². The molecule has 6 heteroatoms. The summed E-state index contributed by atoms with van der Waals surface area (Å²) >= 11 is 0. The van der Waals surface area contributed by atoms with Crippen molar-refractivity contribution in [2.24, 2.45) is 0 Å². The Bertz CT molecular complexity index is 1080. The number of benzene rings is 2. The average molecular weight is 368 g/mol. The fraction of sp³-hybridized carbons (Fsp3) is 0.250. The second-order valence-electron chi connectivity index (χ2n) is 6.45. The number of rotatable bonds is 4. The molecule has 1 N–H and O–H groups in total. The van der Waals surface area contributed by atoms with E-state index in [1.165, 1.54) is 0 Å². The first-order valence-electron chi connectivity index (χ1n) is 8.65. The predicted octanol–water partition coefficient (Wildman–Crippen LogP) is 3.92. The highest BCUT2D eigenvalue weighted by molar-refractivity contribution is 7.92. The molecular weight excluding hydrogens is 348 g/mol. The first kappa shape index (κ1) is 16.8. The monoisotopic (exact) mass is 368 g/mol. The molecule has 1 aliphatic carbocycles. The van der Waals surface area contributed by atoms with E-state index in [0.29, 0.717) is 10.7 Å². The van der Waals surface area contributed by atoms with Crippen molar-refractivity contribution in [2.45, 2.75) is 30.6 Å². The van der Waals surface area contributed by atoms with E-state index >= 15 is 0 Å². The zero-order valence-electron chi connectivity index (χ0n) is 14.5. The largest absolute Gasteiger partial charge is 0.496 e. The first-order chi connectivity index (χ1) is 12.6. The Hall–Kier alpha value is -2.60. The molecule has 0 unspecified atom stereocenters. The standard InChI is InChI=1S/C20H20N2O3S/c1-25-18-10-11-19(17-9-5-4-8-16(17)18)26(23,24)22-20-12-14-6-2-3-7-15(14)13-21-20/h2-3,6-7,10-13H,4-5,8-9H2,1H3,(H,21,22). The van der Waals surface area contributed by atoms with E-state index in [-0.39, 0.29) is 0 Å². The van der Waals surface area contributed by atoms with E-state index in [2.05, 4.69) is 9.71 Å². The molecule has 0 atom stereocenters. The van der Waals surface area contributed by atoms with Crippen molar-refractivity contribution >= 4 is 26.6 Å². The third-order valence-corrected chi connectivity index (χ3v) is 6.27. The topological polar surface area (TPSA) is 68.3 Å². The van der Waals surface area contributed by atoms with Gasteiger partial charge in [0.15, 0.2) is 0 Å². The van der Waals surface area contributed by atoms with Gasteiger partial charge in [-0.15, -0.1) is 0 Å². The van der Waals surface area contributed by atoms with Gasteiger partial charge in [0.05, 0.1) is 12.0 Å². The molecule has 0 aliphatic heterocycles. The zero-order valence-corrected chi connectivity index (χ0v) is 15.3. The second-order valence-corrected chi connectivity index (χ2v) is 8.10. The van der Waals surface area contributed by atoms with Crippen LogP contribution < -0.4 is 9.46 Å². The van der Waals surface area contributed by atoms with E-state index in [1.807, 2.05) is 24.3 Å². The molecule has 0 saturated carbocycles. The third kappa shape index (κ3) is 3.01. The van der Waals surface area contributed by atoms with Crippen LogP contribution in [0.15, 0.2) is 53.6 Å². The van der Waals surface area contributed by atoms with E-state index in [1.54, 1.807) is 31.5 Å². The number of hydrogen-bond donors (Lipinski definition) is 1. The van der Waals surface area contributed by atoms with Crippen LogP contribution in [0.25, 0.3) is 10.8 Å². The molecule has 0 saturated heterocycles. The first-order valence-corrected chi connectivity index (χ1v) is 10.1. The van der Waals surface area contributed by atoms with Crippen molar-refractivity contribution in [3.8, 4) is 5.75 Å². The van der Waals surface area contributed by atoms with Gasteiger partial charge in [-0.05, 0) is 60.4 Å². The summed E-state index contributed by atoms with van der Waals surface area (Å²) < 4.78 is 34.1. The van der Waals surface area contributed by atoms with Crippen molar-refractivity contribution < 1.29 is 13.2 Å². The zero-order chi connectivity index (χ0) is 18.1. The van der Waals surface area contributed by atoms with Crippen molar-refractivity contribution in [3.63, 3.8) is 0 Å². The summed E-state index contributed by atoms with van der Waals surface area (Å²) in [6, 6.07) is 12.9. The normalized spacial score (nSPS) is 14.0. The van der Waals surface area contributed by atoms with Crippen LogP contribution in [0.5, 0.6) is 5.75 Å². The van der Waals surface area contributed by atoms with Crippen LogP contribution in [0.2, 0.25) is 0 Å². The summed E-state index contributed by atoms with van der Waals surface area (Å²) in [6.45, 7) is 0. The van der Waals surface area contributed by atoms with Crippen LogP contribution in [0.1, 0.15) is 24.0 Å². The number of sulfonamides is 1. The maximum atomic E-state index is 13.0. The Morgan fingerprint density at radius 1 is 1.00 bits per heavy atom. The highest BCUT2D eigenvalue weighted by Gasteiger charge is 2.25. The number of ether oxygens (including phenoxy) is 1. The lowest BCUT2D eigenvalue weighted by Crippen LogP contribution is -2.18. The molecule has 2 aromatic carbocycles. The van der Waals surface area contributed by atoms with Gasteiger partial charge >= 0.3 is 0 Å². The number of anilines is 1. The van der Waals surface area contributed by atoms with Crippen LogP contribution in [-0.2, 0) is 22.9 Å². The van der Waals surface area contributed by atoms with Gasteiger partial charge in [0.25, 0.3) is 10.0 Å². The Labute approximate surface area is 153 Å². The molecule has 0 fully saturated rings.